The third kappa shape index (κ3) is 3.16. The molecule has 0 fully saturated rings. The quantitative estimate of drug-likeness (QED) is 0.411. The number of nitrogens with zero attached hydrogens (tertiary/aromatic N) is 5. The third-order valence-corrected chi connectivity index (χ3v) is 5.54. The molecule has 0 unspecified atom stereocenters. The zero-order valence-corrected chi connectivity index (χ0v) is 18.6. The monoisotopic (exact) mass is 443 g/mol. The van der Waals surface area contributed by atoms with Crippen molar-refractivity contribution in [3.63, 3.8) is 0 Å². The molecule has 166 valence electrons. The average molecular weight is 443 g/mol. The van der Waals surface area contributed by atoms with Crippen LogP contribution in [0.4, 0.5) is 0 Å². The molecule has 0 radical (unpaired) electrons. The van der Waals surface area contributed by atoms with Crippen LogP contribution in [0.15, 0.2) is 59.5 Å². The Hall–Kier alpha value is -4.40. The lowest BCUT2D eigenvalue weighted by molar-refractivity contribution is 0.324. The summed E-state index contributed by atoms with van der Waals surface area (Å²) in [6.45, 7) is 1.92. The fraction of sp³-hybridized carbons (Fsp3) is 0.167. The van der Waals surface area contributed by atoms with Crippen LogP contribution in [0.2, 0.25) is 0 Å². The first-order valence-electron chi connectivity index (χ1n) is 10.2. The molecule has 3 aromatic heterocycles. The molecular formula is C24H21N5O4. The smallest absolute Gasteiger partial charge is 0.285 e. The minimum Gasteiger partial charge on any atom is -0.493 e. The maximum Gasteiger partial charge on any atom is 0.285 e. The SMILES string of the molecule is COc1cc(-n2ccc3c(nnc4c(-c5ccccc5)c(C)nn43)c2=O)cc(OC)c1OC. The molecular weight excluding hydrogens is 422 g/mol. The van der Waals surface area contributed by atoms with Crippen molar-refractivity contribution in [2.24, 2.45) is 0 Å². The van der Waals surface area contributed by atoms with Gasteiger partial charge >= 0.3 is 0 Å². The highest BCUT2D eigenvalue weighted by Gasteiger charge is 2.19. The van der Waals surface area contributed by atoms with Gasteiger partial charge in [-0.1, -0.05) is 30.3 Å². The van der Waals surface area contributed by atoms with Crippen LogP contribution in [-0.2, 0) is 0 Å². The van der Waals surface area contributed by atoms with E-state index in [2.05, 4.69) is 15.3 Å². The molecule has 0 amide bonds. The summed E-state index contributed by atoms with van der Waals surface area (Å²) in [5, 5.41) is 13.3. The van der Waals surface area contributed by atoms with Crippen molar-refractivity contribution < 1.29 is 14.2 Å². The van der Waals surface area contributed by atoms with Gasteiger partial charge in [-0.3, -0.25) is 9.36 Å². The third-order valence-electron chi connectivity index (χ3n) is 5.54. The van der Waals surface area contributed by atoms with Crippen molar-refractivity contribution >= 4 is 16.7 Å². The summed E-state index contributed by atoms with van der Waals surface area (Å²) in [7, 11) is 4.58. The van der Waals surface area contributed by atoms with E-state index < -0.39 is 0 Å². The van der Waals surface area contributed by atoms with Crippen LogP contribution in [-0.4, -0.2) is 45.7 Å². The Morgan fingerprint density at radius 2 is 1.58 bits per heavy atom. The lowest BCUT2D eigenvalue weighted by Gasteiger charge is -2.15. The van der Waals surface area contributed by atoms with Crippen LogP contribution in [0.25, 0.3) is 33.5 Å². The van der Waals surface area contributed by atoms with Crippen LogP contribution in [0.5, 0.6) is 17.2 Å². The Morgan fingerprint density at radius 1 is 0.879 bits per heavy atom. The van der Waals surface area contributed by atoms with Gasteiger partial charge in [-0.2, -0.15) is 5.10 Å². The Bertz CT molecular complexity index is 1530. The minimum absolute atomic E-state index is 0.195. The summed E-state index contributed by atoms with van der Waals surface area (Å²) >= 11 is 0. The number of benzene rings is 2. The fourth-order valence-electron chi connectivity index (χ4n) is 4.01. The average Bonchev–Trinajstić information content (AvgIpc) is 3.20. The van der Waals surface area contributed by atoms with Crippen LogP contribution in [0.1, 0.15) is 5.69 Å². The number of hydrogen-bond donors (Lipinski definition) is 0. The summed E-state index contributed by atoms with van der Waals surface area (Å²) in [6.07, 6.45) is 1.67. The van der Waals surface area contributed by atoms with E-state index >= 15 is 0 Å². The molecule has 0 aliphatic rings. The number of methoxy groups -OCH3 is 3. The lowest BCUT2D eigenvalue weighted by Crippen LogP contribution is -2.20. The second kappa shape index (κ2) is 7.94. The first-order chi connectivity index (χ1) is 16.1. The predicted molar refractivity (Wildman–Crippen MR) is 124 cm³/mol. The molecule has 5 aromatic rings. The highest BCUT2D eigenvalue weighted by molar-refractivity contribution is 5.84. The van der Waals surface area contributed by atoms with Crippen LogP contribution in [0, 0.1) is 6.92 Å². The number of aromatic nitrogens is 5. The van der Waals surface area contributed by atoms with Gasteiger partial charge in [-0.15, -0.1) is 10.2 Å². The standard InChI is InChI=1S/C24H21N5O4/c1-14-20(15-8-6-5-7-9-15)23-26-25-21-17(29(23)27-14)10-11-28(24(21)30)16-12-18(31-2)22(33-4)19(13-16)32-3/h5-13H,1-4H3. The zero-order chi connectivity index (χ0) is 23.1. The van der Waals surface area contributed by atoms with E-state index in [-0.39, 0.29) is 11.1 Å². The molecule has 0 N–H and O–H groups in total. The van der Waals surface area contributed by atoms with E-state index in [0.717, 1.165) is 16.8 Å². The van der Waals surface area contributed by atoms with Gasteiger partial charge in [-0.25, -0.2) is 4.52 Å². The van der Waals surface area contributed by atoms with E-state index in [4.69, 9.17) is 14.2 Å². The molecule has 0 saturated carbocycles. The number of ether oxygens (including phenoxy) is 3. The summed E-state index contributed by atoms with van der Waals surface area (Å²) in [5.74, 6) is 1.32. The number of fused-ring (bicyclic) bond motifs is 3. The molecule has 0 saturated heterocycles. The molecule has 9 heteroatoms. The second-order valence-corrected chi connectivity index (χ2v) is 7.37. The first-order valence-corrected chi connectivity index (χ1v) is 10.2. The van der Waals surface area contributed by atoms with Gasteiger partial charge in [0.05, 0.1) is 38.3 Å². The van der Waals surface area contributed by atoms with E-state index in [9.17, 15) is 4.79 Å². The number of hydrogen-bond acceptors (Lipinski definition) is 7. The molecule has 0 aliphatic carbocycles. The Labute approximate surface area is 188 Å². The van der Waals surface area contributed by atoms with Crippen molar-refractivity contribution in [2.75, 3.05) is 21.3 Å². The molecule has 3 heterocycles. The van der Waals surface area contributed by atoms with Crippen LogP contribution < -0.4 is 19.8 Å². The summed E-state index contributed by atoms with van der Waals surface area (Å²) < 4.78 is 19.3. The molecule has 0 aliphatic heterocycles. The summed E-state index contributed by atoms with van der Waals surface area (Å²) in [4.78, 5) is 13.4. The zero-order valence-electron chi connectivity index (χ0n) is 18.6. The highest BCUT2D eigenvalue weighted by atomic mass is 16.5. The van der Waals surface area contributed by atoms with Gasteiger partial charge in [0.1, 0.15) is 5.52 Å². The van der Waals surface area contributed by atoms with E-state index in [1.807, 2.05) is 37.3 Å². The molecule has 2 aromatic carbocycles. The van der Waals surface area contributed by atoms with Gasteiger partial charge < -0.3 is 14.2 Å². The molecule has 33 heavy (non-hydrogen) atoms. The predicted octanol–water partition coefficient (Wildman–Crippen LogP) is 3.43. The number of rotatable bonds is 5. The van der Waals surface area contributed by atoms with Gasteiger partial charge in [-0.05, 0) is 18.6 Å². The van der Waals surface area contributed by atoms with Gasteiger partial charge in [0, 0.05) is 18.3 Å². The van der Waals surface area contributed by atoms with Crippen LogP contribution >= 0.6 is 0 Å². The van der Waals surface area contributed by atoms with Gasteiger partial charge in [0.15, 0.2) is 22.7 Å². The van der Waals surface area contributed by atoms with E-state index in [1.165, 1.54) is 25.9 Å². The summed E-state index contributed by atoms with van der Waals surface area (Å²) in [6, 6.07) is 15.1. The molecule has 0 spiro atoms. The van der Waals surface area contributed by atoms with E-state index in [1.54, 1.807) is 28.9 Å². The molecule has 0 atom stereocenters. The Balaban J connectivity index is 1.73. The molecule has 9 nitrogen and oxygen atoms in total. The largest absolute Gasteiger partial charge is 0.493 e. The van der Waals surface area contributed by atoms with Crippen molar-refractivity contribution in [3.05, 3.63) is 70.8 Å². The molecule has 5 rings (SSSR count). The normalized spacial score (nSPS) is 11.2. The van der Waals surface area contributed by atoms with Crippen molar-refractivity contribution in [3.8, 4) is 34.1 Å². The topological polar surface area (TPSA) is 92.8 Å². The maximum atomic E-state index is 13.4. The van der Waals surface area contributed by atoms with Crippen LogP contribution in [0.3, 0.4) is 0 Å². The van der Waals surface area contributed by atoms with E-state index in [0.29, 0.717) is 34.1 Å². The molecule has 0 bridgehead atoms. The number of aryl methyl sites for hydroxylation is 1. The van der Waals surface area contributed by atoms with Crippen molar-refractivity contribution in [1.82, 2.24) is 24.4 Å². The fourth-order valence-corrected chi connectivity index (χ4v) is 4.01. The maximum absolute atomic E-state index is 13.4. The van der Waals surface area contributed by atoms with Crippen molar-refractivity contribution in [1.29, 1.82) is 0 Å². The van der Waals surface area contributed by atoms with Gasteiger partial charge in [0.2, 0.25) is 5.75 Å². The summed E-state index contributed by atoms with van der Waals surface area (Å²) in [5.41, 5.74) is 4.24. The highest BCUT2D eigenvalue weighted by Crippen LogP contribution is 2.39. The Morgan fingerprint density at radius 3 is 2.21 bits per heavy atom. The Kier molecular flexibility index (Phi) is 4.93. The second-order valence-electron chi connectivity index (χ2n) is 7.37. The minimum atomic E-state index is -0.342. The first kappa shape index (κ1) is 20.5. The van der Waals surface area contributed by atoms with Crippen molar-refractivity contribution in [2.45, 2.75) is 6.92 Å². The number of pyridine rings is 1. The lowest BCUT2D eigenvalue weighted by atomic mass is 10.1. The van der Waals surface area contributed by atoms with Gasteiger partial charge in [0.25, 0.3) is 5.56 Å².